The highest BCUT2D eigenvalue weighted by atomic mass is 16.6. The molecule has 2 fully saturated rings. The number of ether oxygens (including phenoxy) is 2. The Kier molecular flexibility index (Phi) is 2.23. The fraction of sp³-hybridized carbons (Fsp3) is 0.875. The zero-order valence-corrected chi connectivity index (χ0v) is 7.05. The Balaban J connectivity index is 1.96. The minimum absolute atomic E-state index is 0.0498. The first-order chi connectivity index (χ1) is 6.22. The number of rotatable bonds is 2. The molecule has 4 atom stereocenters. The average molecular weight is 188 g/mol. The molecule has 2 rings (SSSR count). The number of esters is 1. The van der Waals surface area contributed by atoms with Crippen molar-refractivity contribution in [1.82, 2.24) is 0 Å². The molecule has 3 unspecified atom stereocenters. The van der Waals surface area contributed by atoms with Crippen LogP contribution in [0.3, 0.4) is 0 Å². The summed E-state index contributed by atoms with van der Waals surface area (Å²) in [6.45, 7) is 0.0498. The zero-order chi connectivity index (χ0) is 9.42. The van der Waals surface area contributed by atoms with E-state index in [1.54, 1.807) is 0 Å². The van der Waals surface area contributed by atoms with Crippen molar-refractivity contribution in [2.75, 3.05) is 6.61 Å². The Hall–Kier alpha value is -0.650. The van der Waals surface area contributed by atoms with E-state index in [4.69, 9.17) is 14.6 Å². The molecular formula is C8H12O5. The van der Waals surface area contributed by atoms with Gasteiger partial charge in [0.2, 0.25) is 0 Å². The van der Waals surface area contributed by atoms with Crippen LogP contribution < -0.4 is 0 Å². The minimum atomic E-state index is -1.14. The van der Waals surface area contributed by atoms with Crippen LogP contribution in [0.15, 0.2) is 0 Å². The van der Waals surface area contributed by atoms with Gasteiger partial charge in [0, 0.05) is 13.0 Å². The minimum Gasteiger partial charge on any atom is -0.457 e. The Morgan fingerprint density at radius 3 is 2.92 bits per heavy atom. The quantitative estimate of drug-likeness (QED) is 0.533. The van der Waals surface area contributed by atoms with Crippen molar-refractivity contribution in [3.63, 3.8) is 0 Å². The van der Waals surface area contributed by atoms with E-state index in [0.29, 0.717) is 12.8 Å². The lowest BCUT2D eigenvalue weighted by Gasteiger charge is -2.11. The maximum atomic E-state index is 10.9. The van der Waals surface area contributed by atoms with Crippen molar-refractivity contribution in [2.45, 2.75) is 37.3 Å². The number of aliphatic hydroxyl groups is 2. The Morgan fingerprint density at radius 1 is 1.54 bits per heavy atom. The summed E-state index contributed by atoms with van der Waals surface area (Å²) < 4.78 is 10.2. The average Bonchev–Trinajstić information content (AvgIpc) is 2.56. The smallest absolute Gasteiger partial charge is 0.338 e. The van der Waals surface area contributed by atoms with Gasteiger partial charge in [-0.2, -0.15) is 0 Å². The van der Waals surface area contributed by atoms with E-state index < -0.39 is 18.2 Å². The molecule has 5 heteroatoms. The summed E-state index contributed by atoms with van der Waals surface area (Å²) in [6.07, 6.45) is -0.981. The standard InChI is InChI=1S/C8H12O5/c9-2-1-4-3-5-7(12-4)6(10)8(11)13-5/h4-7,9-10H,1-3H2/t4?,5?,6-,7?/m0/s1. The molecule has 0 saturated carbocycles. The van der Waals surface area contributed by atoms with Gasteiger partial charge >= 0.3 is 5.97 Å². The topological polar surface area (TPSA) is 76.0 Å². The van der Waals surface area contributed by atoms with Crippen LogP contribution in [0.4, 0.5) is 0 Å². The van der Waals surface area contributed by atoms with Crippen LogP contribution >= 0.6 is 0 Å². The van der Waals surface area contributed by atoms with Crippen molar-refractivity contribution in [2.24, 2.45) is 0 Å². The predicted molar refractivity (Wildman–Crippen MR) is 40.9 cm³/mol. The zero-order valence-electron chi connectivity index (χ0n) is 7.05. The molecule has 0 aromatic carbocycles. The number of aliphatic hydroxyl groups excluding tert-OH is 2. The Bertz CT molecular complexity index is 217. The maximum absolute atomic E-state index is 10.9. The van der Waals surface area contributed by atoms with Crippen molar-refractivity contribution in [3.8, 4) is 0 Å². The van der Waals surface area contributed by atoms with Crippen LogP contribution in [-0.2, 0) is 14.3 Å². The third kappa shape index (κ3) is 1.43. The SMILES string of the molecule is O=C1OC2CC(CCO)OC2[C@@H]1O. The van der Waals surface area contributed by atoms with Gasteiger partial charge < -0.3 is 19.7 Å². The van der Waals surface area contributed by atoms with Gasteiger partial charge in [0.05, 0.1) is 6.10 Å². The van der Waals surface area contributed by atoms with Gasteiger partial charge in [0.25, 0.3) is 0 Å². The lowest BCUT2D eigenvalue weighted by molar-refractivity contribution is -0.149. The van der Waals surface area contributed by atoms with Gasteiger partial charge in [0.1, 0.15) is 12.2 Å². The summed E-state index contributed by atoms with van der Waals surface area (Å²) in [4.78, 5) is 10.9. The van der Waals surface area contributed by atoms with Crippen molar-refractivity contribution in [3.05, 3.63) is 0 Å². The fourth-order valence-electron chi connectivity index (χ4n) is 1.83. The molecule has 0 amide bonds. The molecule has 0 aromatic rings. The van der Waals surface area contributed by atoms with Crippen LogP contribution in [-0.4, -0.2) is 47.2 Å². The first-order valence-electron chi connectivity index (χ1n) is 4.37. The van der Waals surface area contributed by atoms with E-state index >= 15 is 0 Å². The highest BCUT2D eigenvalue weighted by Crippen LogP contribution is 2.32. The van der Waals surface area contributed by atoms with Crippen molar-refractivity contribution >= 4 is 5.97 Å². The van der Waals surface area contributed by atoms with E-state index in [2.05, 4.69) is 0 Å². The first-order valence-corrected chi connectivity index (χ1v) is 4.37. The lowest BCUT2D eigenvalue weighted by atomic mass is 10.1. The van der Waals surface area contributed by atoms with Gasteiger partial charge in [-0.15, -0.1) is 0 Å². The number of hydrogen-bond donors (Lipinski definition) is 2. The number of fused-ring (bicyclic) bond motifs is 1. The molecule has 2 aliphatic rings. The largest absolute Gasteiger partial charge is 0.457 e. The molecule has 0 radical (unpaired) electrons. The molecule has 0 bridgehead atoms. The monoisotopic (exact) mass is 188 g/mol. The maximum Gasteiger partial charge on any atom is 0.338 e. The number of carbonyl (C=O) groups is 1. The normalized spacial score (nSPS) is 43.4. The van der Waals surface area contributed by atoms with E-state index in [0.717, 1.165) is 0 Å². The summed E-state index contributed by atoms with van der Waals surface area (Å²) in [5.74, 6) is -0.600. The summed E-state index contributed by atoms with van der Waals surface area (Å²) in [5.41, 5.74) is 0. The van der Waals surface area contributed by atoms with E-state index in [-0.39, 0.29) is 18.8 Å². The summed E-state index contributed by atoms with van der Waals surface area (Å²) in [5, 5.41) is 17.9. The highest BCUT2D eigenvalue weighted by molar-refractivity contribution is 5.78. The number of carbonyl (C=O) groups excluding carboxylic acids is 1. The Labute approximate surface area is 75.3 Å². The molecule has 2 N–H and O–H groups in total. The molecular weight excluding hydrogens is 176 g/mol. The van der Waals surface area contributed by atoms with Gasteiger partial charge in [0.15, 0.2) is 6.10 Å². The van der Waals surface area contributed by atoms with Gasteiger partial charge in [-0.3, -0.25) is 0 Å². The van der Waals surface area contributed by atoms with Crippen molar-refractivity contribution < 1.29 is 24.5 Å². The van der Waals surface area contributed by atoms with Crippen LogP contribution in [0.5, 0.6) is 0 Å². The molecule has 13 heavy (non-hydrogen) atoms. The van der Waals surface area contributed by atoms with E-state index in [1.165, 1.54) is 0 Å². The number of hydrogen-bond acceptors (Lipinski definition) is 5. The van der Waals surface area contributed by atoms with E-state index in [9.17, 15) is 9.90 Å². The van der Waals surface area contributed by atoms with Gasteiger partial charge in [-0.1, -0.05) is 0 Å². The second kappa shape index (κ2) is 3.25. The Morgan fingerprint density at radius 2 is 2.31 bits per heavy atom. The summed E-state index contributed by atoms with van der Waals surface area (Å²) >= 11 is 0. The first kappa shape index (κ1) is 8.93. The highest BCUT2D eigenvalue weighted by Gasteiger charge is 2.50. The predicted octanol–water partition coefficient (Wildman–Crippen LogP) is -1.19. The van der Waals surface area contributed by atoms with Crippen LogP contribution in [0, 0.1) is 0 Å². The van der Waals surface area contributed by atoms with Crippen LogP contribution in [0.2, 0.25) is 0 Å². The third-order valence-corrected chi connectivity index (χ3v) is 2.48. The molecule has 0 aliphatic carbocycles. The second-order valence-corrected chi connectivity index (χ2v) is 3.39. The molecule has 2 heterocycles. The second-order valence-electron chi connectivity index (χ2n) is 3.39. The molecule has 0 spiro atoms. The fourth-order valence-corrected chi connectivity index (χ4v) is 1.83. The molecule has 0 aromatic heterocycles. The van der Waals surface area contributed by atoms with Gasteiger partial charge in [-0.25, -0.2) is 4.79 Å². The lowest BCUT2D eigenvalue weighted by Crippen LogP contribution is -2.29. The van der Waals surface area contributed by atoms with Crippen LogP contribution in [0.1, 0.15) is 12.8 Å². The summed E-state index contributed by atoms with van der Waals surface area (Å²) in [6, 6.07) is 0. The third-order valence-electron chi connectivity index (χ3n) is 2.48. The molecule has 2 saturated heterocycles. The van der Waals surface area contributed by atoms with Crippen molar-refractivity contribution in [1.29, 1.82) is 0 Å². The van der Waals surface area contributed by atoms with E-state index in [1.807, 2.05) is 0 Å². The molecule has 2 aliphatic heterocycles. The van der Waals surface area contributed by atoms with Crippen LogP contribution in [0.25, 0.3) is 0 Å². The van der Waals surface area contributed by atoms with Gasteiger partial charge in [-0.05, 0) is 6.42 Å². The molecule has 5 nitrogen and oxygen atoms in total. The molecule has 74 valence electrons. The summed E-state index contributed by atoms with van der Waals surface area (Å²) in [7, 11) is 0.